The molecule has 0 aliphatic carbocycles. The van der Waals surface area contributed by atoms with Crippen LogP contribution in [0.5, 0.6) is 0 Å². The number of hydrogen-bond acceptors (Lipinski definition) is 5. The molecule has 4 aromatic rings. The van der Waals surface area contributed by atoms with Crippen molar-refractivity contribution >= 4 is 28.7 Å². The fourth-order valence-electron chi connectivity index (χ4n) is 4.31. The molecule has 37 heavy (non-hydrogen) atoms. The highest BCUT2D eigenvalue weighted by molar-refractivity contribution is 5.97. The van der Waals surface area contributed by atoms with E-state index in [0.29, 0.717) is 29.9 Å². The van der Waals surface area contributed by atoms with Crippen molar-refractivity contribution in [3.63, 3.8) is 0 Å². The van der Waals surface area contributed by atoms with Crippen LogP contribution in [0, 0.1) is 12.8 Å². The maximum Gasteiger partial charge on any atom is 0.356 e. The Morgan fingerprint density at radius 2 is 1.86 bits per heavy atom. The largest absolute Gasteiger partial charge is 0.476 e. The van der Waals surface area contributed by atoms with Crippen molar-refractivity contribution in [3.8, 4) is 0 Å². The van der Waals surface area contributed by atoms with E-state index in [1.807, 2.05) is 44.3 Å². The fraction of sp³-hybridized carbons (Fsp3) is 0.296. The van der Waals surface area contributed by atoms with Gasteiger partial charge < -0.3 is 25.7 Å². The van der Waals surface area contributed by atoms with Crippen LogP contribution in [0.3, 0.4) is 0 Å². The number of imidazole rings is 1. The molecular formula is C27H30N6O4. The molecule has 192 valence electrons. The number of para-hydroxylation sites is 1. The third-order valence-electron chi connectivity index (χ3n) is 6.10. The molecule has 0 aliphatic heterocycles. The van der Waals surface area contributed by atoms with Gasteiger partial charge in [-0.25, -0.2) is 9.78 Å². The Bertz CT molecular complexity index is 1410. The number of aromatic nitrogens is 4. The van der Waals surface area contributed by atoms with Crippen molar-refractivity contribution in [2.45, 2.75) is 45.7 Å². The minimum Gasteiger partial charge on any atom is -0.476 e. The molecule has 1 aromatic carbocycles. The highest BCUT2D eigenvalue weighted by atomic mass is 16.4. The molecule has 2 atom stereocenters. The number of nitrogens with zero attached hydrogens (tertiary/aromatic N) is 2. The van der Waals surface area contributed by atoms with Crippen molar-refractivity contribution in [2.75, 3.05) is 0 Å². The van der Waals surface area contributed by atoms with Gasteiger partial charge >= 0.3 is 5.97 Å². The van der Waals surface area contributed by atoms with Gasteiger partial charge in [-0.15, -0.1) is 0 Å². The number of carboxylic acids is 1. The van der Waals surface area contributed by atoms with Gasteiger partial charge in [0.05, 0.1) is 11.6 Å². The molecule has 2 amide bonds. The molecule has 0 saturated heterocycles. The van der Waals surface area contributed by atoms with Crippen LogP contribution in [-0.2, 0) is 11.2 Å². The average Bonchev–Trinajstić information content (AvgIpc) is 3.47. The van der Waals surface area contributed by atoms with Gasteiger partial charge in [-0.05, 0) is 43.0 Å². The summed E-state index contributed by atoms with van der Waals surface area (Å²) in [5.74, 6) is -1.48. The molecule has 0 aliphatic rings. The number of H-pyrrole nitrogens is 2. The number of fused-ring (bicyclic) bond motifs is 1. The second-order valence-corrected chi connectivity index (χ2v) is 9.42. The van der Waals surface area contributed by atoms with Crippen LogP contribution in [-0.4, -0.2) is 48.9 Å². The molecular weight excluding hydrogens is 472 g/mol. The van der Waals surface area contributed by atoms with Gasteiger partial charge in [-0.1, -0.05) is 32.0 Å². The first-order chi connectivity index (χ1) is 17.7. The summed E-state index contributed by atoms with van der Waals surface area (Å²) in [6.45, 7) is 5.56. The van der Waals surface area contributed by atoms with Gasteiger partial charge in [0.15, 0.2) is 5.69 Å². The van der Waals surface area contributed by atoms with Crippen LogP contribution in [0.15, 0.2) is 55.0 Å². The summed E-state index contributed by atoms with van der Waals surface area (Å²) >= 11 is 0. The van der Waals surface area contributed by atoms with E-state index in [2.05, 4.69) is 30.6 Å². The molecule has 1 unspecified atom stereocenters. The number of aryl methyl sites for hydroxylation is 1. The molecule has 0 radical (unpaired) electrons. The van der Waals surface area contributed by atoms with E-state index in [1.165, 1.54) is 6.20 Å². The van der Waals surface area contributed by atoms with Crippen LogP contribution < -0.4 is 10.6 Å². The smallest absolute Gasteiger partial charge is 0.356 e. The fourth-order valence-corrected chi connectivity index (χ4v) is 4.31. The second-order valence-electron chi connectivity index (χ2n) is 9.42. The Morgan fingerprint density at radius 3 is 2.54 bits per heavy atom. The summed E-state index contributed by atoms with van der Waals surface area (Å²) in [7, 11) is 0. The molecule has 5 N–H and O–H groups in total. The zero-order chi connectivity index (χ0) is 26.5. The summed E-state index contributed by atoms with van der Waals surface area (Å²) in [5, 5.41) is 16.3. The maximum absolute atomic E-state index is 13.5. The molecule has 10 heteroatoms. The van der Waals surface area contributed by atoms with Gasteiger partial charge in [0.2, 0.25) is 5.91 Å². The van der Waals surface area contributed by atoms with E-state index in [-0.39, 0.29) is 17.5 Å². The molecule has 4 rings (SSSR count). The Labute approximate surface area is 213 Å². The summed E-state index contributed by atoms with van der Waals surface area (Å²) in [4.78, 5) is 52.5. The lowest BCUT2D eigenvalue weighted by atomic mass is 10.0. The van der Waals surface area contributed by atoms with Crippen molar-refractivity contribution in [3.05, 3.63) is 83.3 Å². The number of pyridine rings is 1. The number of carbonyl (C=O) groups excluding carboxylic acids is 2. The number of carbonyl (C=O) groups is 3. The third kappa shape index (κ3) is 6.03. The Balaban J connectivity index is 1.63. The monoisotopic (exact) mass is 502 g/mol. The number of nitrogens with one attached hydrogen (secondary N) is 4. The van der Waals surface area contributed by atoms with E-state index in [9.17, 15) is 19.5 Å². The molecule has 3 aromatic heterocycles. The van der Waals surface area contributed by atoms with Crippen LogP contribution in [0.1, 0.15) is 64.2 Å². The first-order valence-corrected chi connectivity index (χ1v) is 12.1. The molecule has 0 bridgehead atoms. The predicted molar refractivity (Wildman–Crippen MR) is 138 cm³/mol. The van der Waals surface area contributed by atoms with Crippen molar-refractivity contribution in [2.24, 2.45) is 5.92 Å². The molecule has 0 fully saturated rings. The lowest BCUT2D eigenvalue weighted by Crippen LogP contribution is -2.48. The Hall–Kier alpha value is -4.47. The summed E-state index contributed by atoms with van der Waals surface area (Å²) in [5.41, 5.74) is 2.53. The first-order valence-electron chi connectivity index (χ1n) is 12.1. The number of hydrogen-bond donors (Lipinski definition) is 5. The van der Waals surface area contributed by atoms with Crippen LogP contribution in [0.25, 0.3) is 10.9 Å². The minimum atomic E-state index is -1.15. The highest BCUT2D eigenvalue weighted by Gasteiger charge is 2.28. The lowest BCUT2D eigenvalue weighted by molar-refractivity contribution is -0.124. The van der Waals surface area contributed by atoms with Gasteiger partial charge in [0, 0.05) is 41.6 Å². The van der Waals surface area contributed by atoms with Gasteiger partial charge in [0.1, 0.15) is 11.9 Å². The van der Waals surface area contributed by atoms with Gasteiger partial charge in [-0.2, -0.15) is 0 Å². The average molecular weight is 503 g/mol. The standard InChI is InChI=1S/C27H30N6O4/c1-15(2)11-22(32-25(34)17-7-6-10-28-13-17)26(35)31-21(24-30-16(3)23(33-24)27(36)37)12-18-14-29-20-9-5-4-8-19(18)20/h4-10,13-15,21-22,29H,11-12H2,1-3H3,(H,30,33)(H,31,35)(H,32,34)(H,36,37)/t21-,22?/m1/s1. The van der Waals surface area contributed by atoms with Crippen molar-refractivity contribution in [1.29, 1.82) is 0 Å². The van der Waals surface area contributed by atoms with E-state index in [1.54, 1.807) is 25.3 Å². The number of aromatic carboxylic acids is 1. The Kier molecular flexibility index (Phi) is 7.66. The summed E-state index contributed by atoms with van der Waals surface area (Å²) in [6.07, 6.45) is 5.65. The predicted octanol–water partition coefficient (Wildman–Crippen LogP) is 3.54. The highest BCUT2D eigenvalue weighted by Crippen LogP contribution is 2.24. The van der Waals surface area contributed by atoms with E-state index in [0.717, 1.165) is 16.5 Å². The maximum atomic E-state index is 13.5. The van der Waals surface area contributed by atoms with E-state index in [4.69, 9.17) is 0 Å². The van der Waals surface area contributed by atoms with Crippen molar-refractivity contribution in [1.82, 2.24) is 30.6 Å². The topological polar surface area (TPSA) is 153 Å². The molecule has 3 heterocycles. The number of aromatic amines is 2. The van der Waals surface area contributed by atoms with E-state index < -0.39 is 24.0 Å². The summed E-state index contributed by atoms with van der Waals surface area (Å²) < 4.78 is 0. The number of rotatable bonds is 10. The summed E-state index contributed by atoms with van der Waals surface area (Å²) in [6, 6.07) is 9.60. The SMILES string of the molecule is Cc1[nH]c([C@@H](Cc2c[nH]c3ccccc23)NC(=O)C(CC(C)C)NC(=O)c2cccnc2)nc1C(=O)O. The zero-order valence-electron chi connectivity index (χ0n) is 20.9. The molecule has 0 saturated carbocycles. The first kappa shape index (κ1) is 25.6. The van der Waals surface area contributed by atoms with Gasteiger partial charge in [0.25, 0.3) is 5.91 Å². The Morgan fingerprint density at radius 1 is 1.08 bits per heavy atom. The van der Waals surface area contributed by atoms with Crippen molar-refractivity contribution < 1.29 is 19.5 Å². The second kappa shape index (κ2) is 11.1. The molecule has 10 nitrogen and oxygen atoms in total. The number of benzene rings is 1. The quantitative estimate of drug-likeness (QED) is 0.224. The number of carboxylic acid groups (broad SMARTS) is 1. The van der Waals surface area contributed by atoms with Crippen LogP contribution in [0.4, 0.5) is 0 Å². The zero-order valence-corrected chi connectivity index (χ0v) is 20.9. The number of amides is 2. The van der Waals surface area contributed by atoms with Crippen LogP contribution >= 0.6 is 0 Å². The van der Waals surface area contributed by atoms with Crippen LogP contribution in [0.2, 0.25) is 0 Å². The minimum absolute atomic E-state index is 0.100. The van der Waals surface area contributed by atoms with Gasteiger partial charge in [-0.3, -0.25) is 14.6 Å². The van der Waals surface area contributed by atoms with E-state index >= 15 is 0 Å². The molecule has 0 spiro atoms. The normalized spacial score (nSPS) is 12.9. The lowest BCUT2D eigenvalue weighted by Gasteiger charge is -2.24. The third-order valence-corrected chi connectivity index (χ3v) is 6.10.